The zero-order valence-electron chi connectivity index (χ0n) is 18.8. The number of benzene rings is 2. The van der Waals surface area contributed by atoms with E-state index >= 15 is 0 Å². The van der Waals surface area contributed by atoms with E-state index in [0.717, 1.165) is 33.8 Å². The minimum atomic E-state index is -0.118. The number of amides is 1. The summed E-state index contributed by atoms with van der Waals surface area (Å²) in [5, 5.41) is 8.28. The molecule has 0 atom stereocenters. The lowest BCUT2D eigenvalue weighted by atomic mass is 10.1. The number of carbonyl (C=O) groups excluding carboxylic acids is 1. The maximum Gasteiger partial charge on any atom is 0.228 e. The molecule has 0 radical (unpaired) electrons. The number of hydrogen-bond acceptors (Lipinski definition) is 4. The predicted octanol–water partition coefficient (Wildman–Crippen LogP) is 5.61. The van der Waals surface area contributed by atoms with E-state index in [1.54, 1.807) is 12.4 Å². The molecular formula is C26H25ClN4O2. The molecule has 0 bridgehead atoms. The molecule has 0 fully saturated rings. The molecule has 0 aliphatic heterocycles. The first-order valence-corrected chi connectivity index (χ1v) is 11.0. The first-order valence-electron chi connectivity index (χ1n) is 10.6. The van der Waals surface area contributed by atoms with Crippen LogP contribution >= 0.6 is 11.6 Å². The van der Waals surface area contributed by atoms with E-state index in [1.807, 2.05) is 80.1 Å². The van der Waals surface area contributed by atoms with E-state index in [9.17, 15) is 4.79 Å². The molecule has 6 nitrogen and oxygen atoms in total. The van der Waals surface area contributed by atoms with Crippen molar-refractivity contribution in [3.63, 3.8) is 0 Å². The molecule has 1 amide bonds. The molecule has 7 heteroatoms. The molecule has 0 aliphatic carbocycles. The van der Waals surface area contributed by atoms with Crippen LogP contribution in [0, 0.1) is 20.8 Å². The second-order valence-corrected chi connectivity index (χ2v) is 8.30. The molecule has 0 unspecified atom stereocenters. The number of nitrogens with zero attached hydrogens (tertiary/aromatic N) is 3. The Hall–Kier alpha value is -3.64. The van der Waals surface area contributed by atoms with Crippen LogP contribution in [0.1, 0.15) is 28.1 Å². The van der Waals surface area contributed by atoms with Gasteiger partial charge in [0.15, 0.2) is 0 Å². The average Bonchev–Trinajstić information content (AvgIpc) is 3.09. The van der Waals surface area contributed by atoms with Crippen molar-refractivity contribution >= 4 is 23.2 Å². The summed E-state index contributed by atoms with van der Waals surface area (Å²) < 4.78 is 7.66. The van der Waals surface area contributed by atoms with Crippen molar-refractivity contribution in [1.29, 1.82) is 0 Å². The monoisotopic (exact) mass is 460 g/mol. The van der Waals surface area contributed by atoms with E-state index in [2.05, 4.69) is 15.4 Å². The summed E-state index contributed by atoms with van der Waals surface area (Å²) in [5.74, 6) is 0.556. The average molecular weight is 461 g/mol. The summed E-state index contributed by atoms with van der Waals surface area (Å²) in [6.07, 6.45) is 3.71. The Labute approximate surface area is 198 Å². The third-order valence-corrected chi connectivity index (χ3v) is 5.83. The summed E-state index contributed by atoms with van der Waals surface area (Å²) in [6.45, 7) is 6.24. The maximum atomic E-state index is 12.8. The van der Waals surface area contributed by atoms with Crippen molar-refractivity contribution in [1.82, 2.24) is 14.8 Å². The van der Waals surface area contributed by atoms with Gasteiger partial charge in [-0.1, -0.05) is 29.8 Å². The van der Waals surface area contributed by atoms with Gasteiger partial charge in [0.2, 0.25) is 5.91 Å². The molecule has 0 spiro atoms. The molecule has 0 aliphatic rings. The summed E-state index contributed by atoms with van der Waals surface area (Å²) in [7, 11) is 0. The number of pyridine rings is 1. The van der Waals surface area contributed by atoms with E-state index in [0.29, 0.717) is 23.1 Å². The largest absolute Gasteiger partial charge is 0.489 e. The highest BCUT2D eigenvalue weighted by Gasteiger charge is 2.17. The van der Waals surface area contributed by atoms with Crippen molar-refractivity contribution in [2.75, 3.05) is 5.32 Å². The minimum Gasteiger partial charge on any atom is -0.489 e. The van der Waals surface area contributed by atoms with Crippen LogP contribution < -0.4 is 10.1 Å². The second kappa shape index (κ2) is 9.88. The normalized spacial score (nSPS) is 10.8. The Morgan fingerprint density at radius 3 is 2.70 bits per heavy atom. The van der Waals surface area contributed by atoms with E-state index in [1.165, 1.54) is 0 Å². The topological polar surface area (TPSA) is 69.0 Å². The number of ether oxygens (including phenoxy) is 1. The lowest BCUT2D eigenvalue weighted by molar-refractivity contribution is -0.115. The number of halogens is 1. The Balaban J connectivity index is 1.44. The molecule has 33 heavy (non-hydrogen) atoms. The van der Waals surface area contributed by atoms with Gasteiger partial charge in [-0.2, -0.15) is 5.10 Å². The van der Waals surface area contributed by atoms with Gasteiger partial charge in [0, 0.05) is 46.0 Å². The summed E-state index contributed by atoms with van der Waals surface area (Å²) in [5.41, 5.74) is 6.16. The number of rotatable bonds is 7. The third-order valence-electron chi connectivity index (χ3n) is 5.42. The van der Waals surface area contributed by atoms with Crippen LogP contribution in [0.15, 0.2) is 67.0 Å². The Kier molecular flexibility index (Phi) is 6.75. The highest BCUT2D eigenvalue weighted by Crippen LogP contribution is 2.24. The summed E-state index contributed by atoms with van der Waals surface area (Å²) in [4.78, 5) is 16.9. The molecular weight excluding hydrogens is 436 g/mol. The van der Waals surface area contributed by atoms with Crippen LogP contribution in [-0.4, -0.2) is 20.7 Å². The summed E-state index contributed by atoms with van der Waals surface area (Å²) >= 11 is 6.29. The molecule has 168 valence electrons. The summed E-state index contributed by atoms with van der Waals surface area (Å²) in [6, 6.07) is 17.0. The Morgan fingerprint density at radius 1 is 1.09 bits per heavy atom. The quantitative estimate of drug-likeness (QED) is 0.389. The lowest BCUT2D eigenvalue weighted by Gasteiger charge is -2.10. The molecule has 2 heterocycles. The van der Waals surface area contributed by atoms with Crippen LogP contribution in [0.25, 0.3) is 5.69 Å². The number of nitrogens with one attached hydrogen (secondary N) is 1. The van der Waals surface area contributed by atoms with Gasteiger partial charge in [-0.25, -0.2) is 4.68 Å². The van der Waals surface area contributed by atoms with Gasteiger partial charge in [0.25, 0.3) is 0 Å². The van der Waals surface area contributed by atoms with Crippen LogP contribution in [0.3, 0.4) is 0 Å². The molecule has 4 rings (SSSR count). The highest BCUT2D eigenvalue weighted by atomic mass is 35.5. The number of aromatic nitrogens is 3. The van der Waals surface area contributed by atoms with Crippen molar-refractivity contribution < 1.29 is 9.53 Å². The van der Waals surface area contributed by atoms with Gasteiger partial charge in [0.05, 0.1) is 17.8 Å². The molecule has 2 aromatic heterocycles. The van der Waals surface area contributed by atoms with Gasteiger partial charge >= 0.3 is 0 Å². The Bertz CT molecular complexity index is 1280. The van der Waals surface area contributed by atoms with Crippen molar-refractivity contribution in [3.05, 3.63) is 100 Å². The second-order valence-electron chi connectivity index (χ2n) is 7.90. The molecule has 0 saturated heterocycles. The Morgan fingerprint density at radius 2 is 1.94 bits per heavy atom. The molecule has 1 N–H and O–H groups in total. The highest BCUT2D eigenvalue weighted by molar-refractivity contribution is 6.31. The fourth-order valence-corrected chi connectivity index (χ4v) is 3.75. The lowest BCUT2D eigenvalue weighted by Crippen LogP contribution is -2.15. The third kappa shape index (κ3) is 5.41. The zero-order valence-corrected chi connectivity index (χ0v) is 19.6. The fourth-order valence-electron chi connectivity index (χ4n) is 3.58. The number of aryl methyl sites for hydroxylation is 2. The first-order chi connectivity index (χ1) is 15.9. The smallest absolute Gasteiger partial charge is 0.228 e. The molecule has 2 aromatic carbocycles. The van der Waals surface area contributed by atoms with Crippen molar-refractivity contribution in [2.45, 2.75) is 33.8 Å². The van der Waals surface area contributed by atoms with Gasteiger partial charge in [-0.05, 0) is 56.7 Å². The van der Waals surface area contributed by atoms with Gasteiger partial charge in [0.1, 0.15) is 12.4 Å². The van der Waals surface area contributed by atoms with Gasteiger partial charge in [-0.15, -0.1) is 0 Å². The number of anilines is 1. The first kappa shape index (κ1) is 22.6. The standard InChI is InChI=1S/C26H25ClN4O2/c1-17-9-10-22(13-25(17)27)31-19(3)24(18(2)30-31)14-26(32)29-21-7-4-8-23(12-21)33-16-20-6-5-11-28-15-20/h4-13,15H,14,16H2,1-3H3,(H,29,32). The fraction of sp³-hybridized carbons (Fsp3) is 0.192. The SMILES string of the molecule is Cc1ccc(-n2nc(C)c(CC(=O)Nc3cccc(OCc4cccnc4)c3)c2C)cc1Cl. The van der Waals surface area contributed by atoms with E-state index in [4.69, 9.17) is 16.3 Å². The van der Waals surface area contributed by atoms with Crippen LogP contribution in [-0.2, 0) is 17.8 Å². The van der Waals surface area contributed by atoms with Crippen molar-refractivity contribution in [2.24, 2.45) is 0 Å². The number of hydrogen-bond donors (Lipinski definition) is 1. The van der Waals surface area contributed by atoms with E-state index < -0.39 is 0 Å². The minimum absolute atomic E-state index is 0.118. The predicted molar refractivity (Wildman–Crippen MR) is 130 cm³/mol. The molecule has 0 saturated carbocycles. The van der Waals surface area contributed by atoms with Crippen LogP contribution in [0.4, 0.5) is 5.69 Å². The maximum absolute atomic E-state index is 12.8. The zero-order chi connectivity index (χ0) is 23.4. The van der Waals surface area contributed by atoms with Crippen molar-refractivity contribution in [3.8, 4) is 11.4 Å². The van der Waals surface area contributed by atoms with Gasteiger partial charge in [-0.3, -0.25) is 9.78 Å². The number of carbonyl (C=O) groups is 1. The van der Waals surface area contributed by atoms with Crippen LogP contribution in [0.2, 0.25) is 5.02 Å². The van der Waals surface area contributed by atoms with E-state index in [-0.39, 0.29) is 12.3 Å². The molecule has 4 aromatic rings. The van der Waals surface area contributed by atoms with Gasteiger partial charge < -0.3 is 10.1 Å². The van der Waals surface area contributed by atoms with Crippen LogP contribution in [0.5, 0.6) is 5.75 Å².